The molecule has 2 heterocycles. The van der Waals surface area contributed by atoms with E-state index in [1.165, 1.54) is 5.56 Å². The van der Waals surface area contributed by atoms with Crippen LogP contribution in [-0.4, -0.2) is 25.9 Å². The van der Waals surface area contributed by atoms with Crippen molar-refractivity contribution in [2.75, 3.05) is 24.7 Å². The van der Waals surface area contributed by atoms with Gasteiger partial charge >= 0.3 is 0 Å². The number of hydrogen-bond acceptors (Lipinski definition) is 4. The van der Waals surface area contributed by atoms with Crippen molar-refractivity contribution in [1.82, 2.24) is 0 Å². The van der Waals surface area contributed by atoms with Crippen LogP contribution < -0.4 is 20.1 Å². The highest BCUT2D eigenvalue weighted by atomic mass is 16.6. The van der Waals surface area contributed by atoms with Crippen LogP contribution in [0.1, 0.15) is 12.5 Å². The summed E-state index contributed by atoms with van der Waals surface area (Å²) in [5, 5.41) is 0. The van der Waals surface area contributed by atoms with Crippen LogP contribution in [0.3, 0.4) is 0 Å². The molecule has 4 heteroatoms. The molecule has 0 aliphatic carbocycles. The first-order valence-corrected chi connectivity index (χ1v) is 6.04. The molecule has 0 saturated carbocycles. The van der Waals surface area contributed by atoms with Crippen LogP contribution in [0.15, 0.2) is 12.1 Å². The number of nitrogens with two attached hydrogens (primary N) is 1. The van der Waals surface area contributed by atoms with Gasteiger partial charge in [-0.2, -0.15) is 0 Å². The highest BCUT2D eigenvalue weighted by molar-refractivity contribution is 5.72. The summed E-state index contributed by atoms with van der Waals surface area (Å²) < 4.78 is 11.4. The molecule has 0 aromatic heterocycles. The van der Waals surface area contributed by atoms with Crippen molar-refractivity contribution in [2.24, 2.45) is 5.73 Å². The molecule has 0 saturated heterocycles. The predicted octanol–water partition coefficient (Wildman–Crippen LogP) is 1.33. The summed E-state index contributed by atoms with van der Waals surface area (Å²) in [7, 11) is 0. The molecule has 2 N–H and O–H groups in total. The van der Waals surface area contributed by atoms with E-state index in [2.05, 4.69) is 11.0 Å². The topological polar surface area (TPSA) is 47.7 Å². The second kappa shape index (κ2) is 4.11. The highest BCUT2D eigenvalue weighted by Crippen LogP contribution is 2.45. The van der Waals surface area contributed by atoms with Crippen molar-refractivity contribution < 1.29 is 9.47 Å². The number of rotatable bonds is 2. The lowest BCUT2D eigenvalue weighted by Gasteiger charge is -2.29. The van der Waals surface area contributed by atoms with Gasteiger partial charge in [0, 0.05) is 6.54 Å². The summed E-state index contributed by atoms with van der Waals surface area (Å²) in [4.78, 5) is 2.18. The van der Waals surface area contributed by atoms with E-state index in [1.54, 1.807) is 0 Å². The van der Waals surface area contributed by atoms with Crippen molar-refractivity contribution in [3.8, 4) is 11.5 Å². The van der Waals surface area contributed by atoms with E-state index in [-0.39, 0.29) is 6.17 Å². The smallest absolute Gasteiger partial charge is 0.184 e. The van der Waals surface area contributed by atoms with Crippen LogP contribution in [0.25, 0.3) is 0 Å². The van der Waals surface area contributed by atoms with Gasteiger partial charge in [-0.25, -0.2) is 0 Å². The third kappa shape index (κ3) is 1.63. The minimum Gasteiger partial charge on any atom is -0.486 e. The first-order chi connectivity index (χ1) is 8.31. The summed E-state index contributed by atoms with van der Waals surface area (Å²) in [6.45, 7) is 4.16. The molecule has 2 aliphatic heterocycles. The number of fused-ring (bicyclic) bond motifs is 3. The van der Waals surface area contributed by atoms with Gasteiger partial charge in [-0.15, -0.1) is 0 Å². The number of hydrogen-bond donors (Lipinski definition) is 1. The molecule has 0 bridgehead atoms. The molecule has 2 aliphatic rings. The maximum absolute atomic E-state index is 6.10. The summed E-state index contributed by atoms with van der Waals surface area (Å²) in [5.41, 5.74) is 8.52. The van der Waals surface area contributed by atoms with Crippen molar-refractivity contribution in [3.63, 3.8) is 0 Å². The van der Waals surface area contributed by atoms with E-state index in [1.807, 2.05) is 19.4 Å². The molecule has 0 unspecified atom stereocenters. The Bertz CT molecular complexity index is 434. The van der Waals surface area contributed by atoms with Crippen LogP contribution in [0.4, 0.5) is 5.69 Å². The van der Waals surface area contributed by atoms with Gasteiger partial charge in [0.25, 0.3) is 0 Å². The molecule has 3 rings (SSSR count). The Balaban J connectivity index is 2.06. The summed E-state index contributed by atoms with van der Waals surface area (Å²) >= 11 is 0. The normalized spacial score (nSPS) is 19.1. The summed E-state index contributed by atoms with van der Waals surface area (Å²) in [5.74, 6) is 1.70. The zero-order valence-electron chi connectivity index (χ0n) is 9.98. The molecular formula is C13H17N2O2. The summed E-state index contributed by atoms with van der Waals surface area (Å²) in [6.07, 6.45) is 2.96. The van der Waals surface area contributed by atoms with Gasteiger partial charge in [0.15, 0.2) is 11.5 Å². The number of anilines is 1. The number of ether oxygens (including phenoxy) is 2. The molecule has 0 amide bonds. The molecule has 0 fully saturated rings. The van der Waals surface area contributed by atoms with E-state index in [0.717, 1.165) is 30.2 Å². The molecule has 17 heavy (non-hydrogen) atoms. The fourth-order valence-corrected chi connectivity index (χ4v) is 2.49. The Kier molecular flexibility index (Phi) is 2.59. The fourth-order valence-electron chi connectivity index (χ4n) is 2.49. The van der Waals surface area contributed by atoms with E-state index in [9.17, 15) is 0 Å². The third-order valence-electron chi connectivity index (χ3n) is 3.38. The second-order valence-electron chi connectivity index (χ2n) is 4.36. The van der Waals surface area contributed by atoms with E-state index < -0.39 is 0 Å². The first kappa shape index (κ1) is 10.7. The van der Waals surface area contributed by atoms with Crippen LogP contribution in [0, 0.1) is 6.42 Å². The van der Waals surface area contributed by atoms with E-state index in [4.69, 9.17) is 15.2 Å². The monoisotopic (exact) mass is 233 g/mol. The maximum Gasteiger partial charge on any atom is 0.184 e. The highest BCUT2D eigenvalue weighted by Gasteiger charge is 2.30. The van der Waals surface area contributed by atoms with Gasteiger partial charge in [-0.3, -0.25) is 0 Å². The molecule has 1 radical (unpaired) electrons. The Labute approximate surface area is 101 Å². The van der Waals surface area contributed by atoms with Crippen LogP contribution >= 0.6 is 0 Å². The lowest BCUT2D eigenvalue weighted by molar-refractivity contribution is 0.172. The van der Waals surface area contributed by atoms with Crippen molar-refractivity contribution in [1.29, 1.82) is 0 Å². The van der Waals surface area contributed by atoms with Gasteiger partial charge in [-0.1, -0.05) is 13.0 Å². The van der Waals surface area contributed by atoms with Gasteiger partial charge in [0.1, 0.15) is 13.2 Å². The molecule has 1 aromatic rings. The number of benzene rings is 1. The minimum atomic E-state index is -0.0618. The van der Waals surface area contributed by atoms with Crippen molar-refractivity contribution >= 4 is 5.69 Å². The Hall–Kier alpha value is -1.42. The molecule has 1 aromatic carbocycles. The maximum atomic E-state index is 6.10. The van der Waals surface area contributed by atoms with Gasteiger partial charge in [-0.05, 0) is 24.5 Å². The third-order valence-corrected chi connectivity index (χ3v) is 3.38. The Morgan fingerprint density at radius 2 is 2.18 bits per heavy atom. The lowest BCUT2D eigenvalue weighted by atomic mass is 10.1. The SMILES string of the molecule is C[CH][C@@H](N)N1CCc2ccc3c(c21)OCCO3. The van der Waals surface area contributed by atoms with Crippen LogP contribution in [-0.2, 0) is 6.42 Å². The molecule has 0 spiro atoms. The molecular weight excluding hydrogens is 216 g/mol. The van der Waals surface area contributed by atoms with Crippen molar-refractivity contribution in [3.05, 3.63) is 24.1 Å². The molecule has 4 nitrogen and oxygen atoms in total. The molecule has 91 valence electrons. The van der Waals surface area contributed by atoms with Gasteiger partial charge in [0.05, 0.1) is 11.9 Å². The Morgan fingerprint density at radius 3 is 3.00 bits per heavy atom. The largest absolute Gasteiger partial charge is 0.486 e. The average Bonchev–Trinajstić information content (AvgIpc) is 2.82. The second-order valence-corrected chi connectivity index (χ2v) is 4.36. The number of nitrogens with zero attached hydrogens (tertiary/aromatic N) is 1. The van der Waals surface area contributed by atoms with Crippen LogP contribution in [0.5, 0.6) is 11.5 Å². The van der Waals surface area contributed by atoms with Gasteiger partial charge < -0.3 is 20.1 Å². The molecule has 1 atom stereocenters. The van der Waals surface area contributed by atoms with Gasteiger partial charge in [0.2, 0.25) is 0 Å². The zero-order valence-corrected chi connectivity index (χ0v) is 9.98. The zero-order chi connectivity index (χ0) is 11.8. The minimum absolute atomic E-state index is 0.0618. The average molecular weight is 233 g/mol. The van der Waals surface area contributed by atoms with Crippen LogP contribution in [0.2, 0.25) is 0 Å². The fraction of sp³-hybridized carbons (Fsp3) is 0.462. The quantitative estimate of drug-likeness (QED) is 0.837. The Morgan fingerprint density at radius 1 is 1.35 bits per heavy atom. The standard InChI is InChI=1S/C13H17N2O2/c1-2-11(14)15-6-5-9-3-4-10-13(12(9)15)17-8-7-16-10/h2-4,11H,5-8,14H2,1H3/t11-/m0/s1. The predicted molar refractivity (Wildman–Crippen MR) is 66.4 cm³/mol. The lowest BCUT2D eigenvalue weighted by Crippen LogP contribution is -2.41. The summed E-state index contributed by atoms with van der Waals surface area (Å²) in [6, 6.07) is 4.11. The van der Waals surface area contributed by atoms with E-state index >= 15 is 0 Å². The van der Waals surface area contributed by atoms with Crippen molar-refractivity contribution in [2.45, 2.75) is 19.5 Å². The van der Waals surface area contributed by atoms with E-state index in [0.29, 0.717) is 13.2 Å². The first-order valence-electron chi connectivity index (χ1n) is 6.04.